The molecule has 22 heavy (non-hydrogen) atoms. The molecule has 0 spiro atoms. The van der Waals surface area contributed by atoms with Crippen LogP contribution in [0, 0.1) is 5.92 Å². The Morgan fingerprint density at radius 1 is 1.00 bits per heavy atom. The minimum absolute atomic E-state index is 0.0507. The third-order valence-electron chi connectivity index (χ3n) is 3.76. The number of carbonyl (C=O) groups is 1. The van der Waals surface area contributed by atoms with Gasteiger partial charge < -0.3 is 10.1 Å². The molecule has 1 amide bonds. The molecule has 1 atom stereocenters. The van der Waals surface area contributed by atoms with E-state index in [2.05, 4.69) is 17.5 Å². The summed E-state index contributed by atoms with van der Waals surface area (Å²) >= 11 is 0. The average Bonchev–Trinajstić information content (AvgIpc) is 2.58. The van der Waals surface area contributed by atoms with E-state index in [4.69, 9.17) is 4.74 Å². The molecule has 0 saturated carbocycles. The van der Waals surface area contributed by atoms with Gasteiger partial charge in [0.25, 0.3) is 0 Å². The molecular weight excluding hydrogens is 274 g/mol. The number of hydrogen-bond acceptors (Lipinski definition) is 2. The van der Waals surface area contributed by atoms with E-state index in [1.54, 1.807) is 0 Å². The second-order valence-corrected chi connectivity index (χ2v) is 5.38. The Morgan fingerprint density at radius 3 is 2.55 bits per heavy atom. The van der Waals surface area contributed by atoms with Crippen molar-refractivity contribution < 1.29 is 9.53 Å². The molecule has 2 aromatic carbocycles. The molecule has 0 aromatic heterocycles. The van der Waals surface area contributed by atoms with Crippen molar-refractivity contribution in [2.45, 2.75) is 19.3 Å². The van der Waals surface area contributed by atoms with E-state index in [0.29, 0.717) is 11.4 Å². The van der Waals surface area contributed by atoms with E-state index in [1.165, 1.54) is 0 Å². The van der Waals surface area contributed by atoms with Crippen LogP contribution in [0.15, 0.2) is 66.7 Å². The van der Waals surface area contributed by atoms with Crippen LogP contribution in [0.25, 0.3) is 0 Å². The molecule has 0 unspecified atom stereocenters. The third kappa shape index (κ3) is 3.55. The van der Waals surface area contributed by atoms with Crippen molar-refractivity contribution in [3.63, 3.8) is 0 Å². The lowest BCUT2D eigenvalue weighted by atomic mass is 9.93. The van der Waals surface area contributed by atoms with E-state index < -0.39 is 0 Å². The number of carbonyl (C=O) groups excluding carboxylic acids is 1. The molecule has 1 aliphatic carbocycles. The standard InChI is InChI=1S/C19H19NO2/c21-19(15-9-3-1-4-10-15)20-17-13-7-8-14-18(17)22-16-11-5-2-6-12-16/h1-3,5-8,11-15H,4,9-10H2,(H,20,21)/t15-/m1/s1. The average molecular weight is 293 g/mol. The smallest absolute Gasteiger partial charge is 0.227 e. The predicted octanol–water partition coefficient (Wildman–Crippen LogP) is 4.77. The Kier molecular flexibility index (Phi) is 4.54. The van der Waals surface area contributed by atoms with Gasteiger partial charge in [-0.15, -0.1) is 0 Å². The summed E-state index contributed by atoms with van der Waals surface area (Å²) in [5, 5.41) is 3.00. The molecule has 0 aliphatic heterocycles. The lowest BCUT2D eigenvalue weighted by Gasteiger charge is -2.18. The SMILES string of the molecule is O=C(Nc1ccccc1Oc1ccccc1)[C@@H]1CC=CCC1. The van der Waals surface area contributed by atoms with Gasteiger partial charge in [-0.1, -0.05) is 42.5 Å². The monoisotopic (exact) mass is 293 g/mol. The molecule has 0 fully saturated rings. The van der Waals surface area contributed by atoms with Crippen molar-refractivity contribution in [2.24, 2.45) is 5.92 Å². The van der Waals surface area contributed by atoms with Crippen molar-refractivity contribution in [1.29, 1.82) is 0 Å². The van der Waals surface area contributed by atoms with E-state index in [9.17, 15) is 4.79 Å². The summed E-state index contributed by atoms with van der Waals surface area (Å²) in [5.74, 6) is 1.53. The Morgan fingerprint density at radius 2 is 1.77 bits per heavy atom. The number of nitrogens with one attached hydrogen (secondary N) is 1. The second-order valence-electron chi connectivity index (χ2n) is 5.38. The van der Waals surface area contributed by atoms with Crippen molar-refractivity contribution in [1.82, 2.24) is 0 Å². The zero-order valence-electron chi connectivity index (χ0n) is 12.4. The molecule has 0 heterocycles. The summed E-state index contributed by atoms with van der Waals surface area (Å²) < 4.78 is 5.87. The third-order valence-corrected chi connectivity index (χ3v) is 3.76. The summed E-state index contributed by atoms with van der Waals surface area (Å²) in [6.07, 6.45) is 6.91. The first-order valence-electron chi connectivity index (χ1n) is 7.61. The first kappa shape index (κ1) is 14.4. The van der Waals surface area contributed by atoms with Crippen LogP contribution < -0.4 is 10.1 Å². The van der Waals surface area contributed by atoms with E-state index in [1.807, 2.05) is 54.6 Å². The van der Waals surface area contributed by atoms with Crippen LogP contribution in [0.3, 0.4) is 0 Å². The van der Waals surface area contributed by atoms with Gasteiger partial charge in [0.1, 0.15) is 5.75 Å². The van der Waals surface area contributed by atoms with Crippen LogP contribution in [-0.2, 0) is 4.79 Å². The number of ether oxygens (including phenoxy) is 1. The fourth-order valence-corrected chi connectivity index (χ4v) is 2.54. The summed E-state index contributed by atoms with van der Waals surface area (Å²) in [7, 11) is 0. The molecule has 0 saturated heterocycles. The zero-order chi connectivity index (χ0) is 15.2. The highest BCUT2D eigenvalue weighted by Crippen LogP contribution is 2.30. The fraction of sp³-hybridized carbons (Fsp3) is 0.211. The number of allylic oxidation sites excluding steroid dienone is 2. The quantitative estimate of drug-likeness (QED) is 0.824. The first-order chi connectivity index (χ1) is 10.8. The largest absolute Gasteiger partial charge is 0.455 e. The Balaban J connectivity index is 1.73. The minimum Gasteiger partial charge on any atom is -0.455 e. The van der Waals surface area contributed by atoms with Crippen LogP contribution in [0.5, 0.6) is 11.5 Å². The van der Waals surface area contributed by atoms with Gasteiger partial charge in [0.05, 0.1) is 5.69 Å². The molecule has 112 valence electrons. The number of amides is 1. The van der Waals surface area contributed by atoms with E-state index >= 15 is 0 Å². The van der Waals surface area contributed by atoms with E-state index in [0.717, 1.165) is 25.0 Å². The molecule has 2 aromatic rings. The number of hydrogen-bond donors (Lipinski definition) is 1. The highest BCUT2D eigenvalue weighted by atomic mass is 16.5. The predicted molar refractivity (Wildman–Crippen MR) is 88.1 cm³/mol. The van der Waals surface area contributed by atoms with Crippen molar-refractivity contribution in [3.05, 3.63) is 66.7 Å². The number of benzene rings is 2. The van der Waals surface area contributed by atoms with Crippen LogP contribution in [-0.4, -0.2) is 5.91 Å². The second kappa shape index (κ2) is 6.94. The maximum Gasteiger partial charge on any atom is 0.227 e. The summed E-state index contributed by atoms with van der Waals surface area (Å²) in [4.78, 5) is 12.4. The lowest BCUT2D eigenvalue weighted by Crippen LogP contribution is -2.23. The van der Waals surface area contributed by atoms with Crippen LogP contribution in [0.1, 0.15) is 19.3 Å². The molecule has 1 aliphatic rings. The Labute approximate surface area is 130 Å². The molecular formula is C19H19NO2. The maximum atomic E-state index is 12.4. The summed E-state index contributed by atoms with van der Waals surface area (Å²) in [5.41, 5.74) is 0.714. The zero-order valence-corrected chi connectivity index (χ0v) is 12.4. The summed E-state index contributed by atoms with van der Waals surface area (Å²) in [6.45, 7) is 0. The number of anilines is 1. The number of rotatable bonds is 4. The number of para-hydroxylation sites is 3. The van der Waals surface area contributed by atoms with Gasteiger partial charge in [-0.25, -0.2) is 0 Å². The maximum absolute atomic E-state index is 12.4. The molecule has 0 bridgehead atoms. The van der Waals surface area contributed by atoms with Gasteiger partial charge >= 0.3 is 0 Å². The topological polar surface area (TPSA) is 38.3 Å². The first-order valence-corrected chi connectivity index (χ1v) is 7.61. The van der Waals surface area contributed by atoms with Gasteiger partial charge in [0.2, 0.25) is 5.91 Å². The molecule has 3 nitrogen and oxygen atoms in total. The van der Waals surface area contributed by atoms with E-state index in [-0.39, 0.29) is 11.8 Å². The van der Waals surface area contributed by atoms with Crippen LogP contribution in [0.2, 0.25) is 0 Å². The van der Waals surface area contributed by atoms with Crippen LogP contribution in [0.4, 0.5) is 5.69 Å². The normalized spacial score (nSPS) is 17.0. The van der Waals surface area contributed by atoms with Gasteiger partial charge in [-0.2, -0.15) is 0 Å². The molecule has 3 rings (SSSR count). The Bertz CT molecular complexity index is 664. The highest BCUT2D eigenvalue weighted by molar-refractivity contribution is 5.94. The van der Waals surface area contributed by atoms with Crippen molar-refractivity contribution >= 4 is 11.6 Å². The Hall–Kier alpha value is -2.55. The van der Waals surface area contributed by atoms with Gasteiger partial charge in [0.15, 0.2) is 5.75 Å². The molecule has 3 heteroatoms. The van der Waals surface area contributed by atoms with Crippen molar-refractivity contribution in [3.8, 4) is 11.5 Å². The van der Waals surface area contributed by atoms with Crippen LogP contribution >= 0.6 is 0 Å². The minimum atomic E-state index is 0.0507. The van der Waals surface area contributed by atoms with Gasteiger partial charge in [0, 0.05) is 5.92 Å². The van der Waals surface area contributed by atoms with Gasteiger partial charge in [-0.05, 0) is 43.5 Å². The fourth-order valence-electron chi connectivity index (χ4n) is 2.54. The highest BCUT2D eigenvalue weighted by Gasteiger charge is 2.19. The molecule has 1 N–H and O–H groups in total. The molecule has 0 radical (unpaired) electrons. The van der Waals surface area contributed by atoms with Crippen molar-refractivity contribution in [2.75, 3.05) is 5.32 Å². The lowest BCUT2D eigenvalue weighted by molar-refractivity contribution is -0.120. The summed E-state index contributed by atoms with van der Waals surface area (Å²) in [6, 6.07) is 17.1. The van der Waals surface area contributed by atoms with Gasteiger partial charge in [-0.3, -0.25) is 4.79 Å².